The van der Waals surface area contributed by atoms with Crippen LogP contribution in [0.3, 0.4) is 0 Å². The Morgan fingerprint density at radius 2 is 1.73 bits per heavy atom. The van der Waals surface area contributed by atoms with E-state index in [1.807, 2.05) is 0 Å². The normalized spacial score (nSPS) is 11.1. The number of ether oxygens (including phenoxy) is 2. The van der Waals surface area contributed by atoms with Crippen LogP contribution in [0, 0.1) is 5.82 Å². The van der Waals surface area contributed by atoms with Crippen molar-refractivity contribution in [3.8, 4) is 11.5 Å². The third-order valence-corrected chi connectivity index (χ3v) is 5.01. The standard InChI is InChI=1S/C16H16ClFN2O5S/c1-24-14-8-13(15(25-2)7-12(14)17)20-16(21)9-19-26(22,23)11-5-3-10(18)4-6-11/h3-8,19H,9H2,1-2H3,(H,20,21). The first-order chi connectivity index (χ1) is 12.3. The molecular weight excluding hydrogens is 387 g/mol. The van der Waals surface area contributed by atoms with Gasteiger partial charge in [0, 0.05) is 12.1 Å². The van der Waals surface area contributed by atoms with E-state index in [4.69, 9.17) is 21.1 Å². The van der Waals surface area contributed by atoms with Crippen LogP contribution in [0.1, 0.15) is 0 Å². The van der Waals surface area contributed by atoms with Crippen LogP contribution in [0.15, 0.2) is 41.3 Å². The number of anilines is 1. The molecule has 0 atom stereocenters. The van der Waals surface area contributed by atoms with Crippen LogP contribution < -0.4 is 19.5 Å². The largest absolute Gasteiger partial charge is 0.495 e. The maximum absolute atomic E-state index is 12.9. The predicted octanol–water partition coefficient (Wildman–Crippen LogP) is 2.41. The fourth-order valence-electron chi connectivity index (χ4n) is 2.01. The minimum absolute atomic E-state index is 0.155. The second-order valence-corrected chi connectivity index (χ2v) is 7.19. The molecule has 0 unspecified atom stereocenters. The fraction of sp³-hybridized carbons (Fsp3) is 0.188. The van der Waals surface area contributed by atoms with Crippen LogP contribution in [0.25, 0.3) is 0 Å². The summed E-state index contributed by atoms with van der Waals surface area (Å²) < 4.78 is 49.4. The number of hydrogen-bond donors (Lipinski definition) is 2. The van der Waals surface area contributed by atoms with E-state index in [1.165, 1.54) is 26.4 Å². The lowest BCUT2D eigenvalue weighted by Crippen LogP contribution is -2.33. The summed E-state index contributed by atoms with van der Waals surface area (Å²) in [5.41, 5.74) is 0.264. The van der Waals surface area contributed by atoms with Crippen molar-refractivity contribution in [2.75, 3.05) is 26.1 Å². The molecule has 0 heterocycles. The fourth-order valence-corrected chi connectivity index (χ4v) is 3.22. The molecule has 0 aliphatic heterocycles. The number of methoxy groups -OCH3 is 2. The first-order valence-electron chi connectivity index (χ1n) is 7.23. The lowest BCUT2D eigenvalue weighted by atomic mass is 10.2. The van der Waals surface area contributed by atoms with Gasteiger partial charge in [-0.25, -0.2) is 17.5 Å². The van der Waals surface area contributed by atoms with Crippen LogP contribution in [0.2, 0.25) is 5.02 Å². The van der Waals surface area contributed by atoms with E-state index in [0.29, 0.717) is 10.8 Å². The molecule has 10 heteroatoms. The van der Waals surface area contributed by atoms with Crippen molar-refractivity contribution >= 4 is 33.2 Å². The summed E-state index contributed by atoms with van der Waals surface area (Å²) in [7, 11) is -1.15. The van der Waals surface area contributed by atoms with Crippen LogP contribution in [-0.4, -0.2) is 35.1 Å². The number of benzene rings is 2. The summed E-state index contributed by atoms with van der Waals surface area (Å²) in [4.78, 5) is 11.9. The van der Waals surface area contributed by atoms with Crippen molar-refractivity contribution in [3.63, 3.8) is 0 Å². The van der Waals surface area contributed by atoms with E-state index < -0.39 is 28.3 Å². The molecule has 7 nitrogen and oxygen atoms in total. The monoisotopic (exact) mass is 402 g/mol. The van der Waals surface area contributed by atoms with E-state index in [9.17, 15) is 17.6 Å². The summed E-state index contributed by atoms with van der Waals surface area (Å²) in [6.45, 7) is -0.534. The van der Waals surface area contributed by atoms with Gasteiger partial charge in [0.25, 0.3) is 0 Å². The second kappa shape index (κ2) is 8.35. The Bertz CT molecular complexity index is 904. The molecule has 0 bridgehead atoms. The highest BCUT2D eigenvalue weighted by Crippen LogP contribution is 2.35. The Morgan fingerprint density at radius 3 is 2.31 bits per heavy atom. The number of carbonyl (C=O) groups excluding carboxylic acids is 1. The van der Waals surface area contributed by atoms with Crippen LogP contribution in [-0.2, 0) is 14.8 Å². The maximum Gasteiger partial charge on any atom is 0.241 e. The summed E-state index contributed by atoms with van der Waals surface area (Å²) in [5, 5.41) is 2.80. The molecule has 2 aromatic rings. The zero-order valence-corrected chi connectivity index (χ0v) is 15.4. The Labute approximate surface area is 155 Å². The van der Waals surface area contributed by atoms with E-state index in [0.717, 1.165) is 24.3 Å². The highest BCUT2D eigenvalue weighted by molar-refractivity contribution is 7.89. The number of sulfonamides is 1. The Balaban J connectivity index is 2.08. The molecule has 26 heavy (non-hydrogen) atoms. The number of nitrogens with one attached hydrogen (secondary N) is 2. The maximum atomic E-state index is 12.9. The van der Waals surface area contributed by atoms with Crippen LogP contribution in [0.5, 0.6) is 11.5 Å². The van der Waals surface area contributed by atoms with Gasteiger partial charge in [0.1, 0.15) is 17.3 Å². The van der Waals surface area contributed by atoms with Gasteiger partial charge in [-0.2, -0.15) is 0 Å². The van der Waals surface area contributed by atoms with Gasteiger partial charge < -0.3 is 14.8 Å². The number of hydrogen-bond acceptors (Lipinski definition) is 5. The van der Waals surface area contributed by atoms with E-state index in [2.05, 4.69) is 10.0 Å². The Morgan fingerprint density at radius 1 is 1.12 bits per heavy atom. The molecule has 2 rings (SSSR count). The topological polar surface area (TPSA) is 93.7 Å². The average Bonchev–Trinajstić information content (AvgIpc) is 2.61. The molecule has 140 valence electrons. The van der Waals surface area contributed by atoms with Gasteiger partial charge >= 0.3 is 0 Å². The van der Waals surface area contributed by atoms with Gasteiger partial charge in [-0.15, -0.1) is 0 Å². The Hall–Kier alpha value is -2.36. The predicted molar refractivity (Wildman–Crippen MR) is 94.8 cm³/mol. The number of amides is 1. The second-order valence-electron chi connectivity index (χ2n) is 5.01. The summed E-state index contributed by atoms with van der Waals surface area (Å²) in [6.07, 6.45) is 0. The third-order valence-electron chi connectivity index (χ3n) is 3.29. The van der Waals surface area contributed by atoms with Crippen LogP contribution >= 0.6 is 11.6 Å². The smallest absolute Gasteiger partial charge is 0.241 e. The van der Waals surface area contributed by atoms with E-state index >= 15 is 0 Å². The van der Waals surface area contributed by atoms with Gasteiger partial charge in [0.2, 0.25) is 15.9 Å². The highest BCUT2D eigenvalue weighted by Gasteiger charge is 2.17. The van der Waals surface area contributed by atoms with Gasteiger partial charge in [0.05, 0.1) is 36.4 Å². The molecule has 0 fully saturated rings. The molecule has 2 aromatic carbocycles. The highest BCUT2D eigenvalue weighted by atomic mass is 35.5. The van der Waals surface area contributed by atoms with Gasteiger partial charge in [-0.3, -0.25) is 4.79 Å². The Kier molecular flexibility index (Phi) is 6.41. The molecule has 0 aromatic heterocycles. The summed E-state index contributed by atoms with van der Waals surface area (Å²) in [5.74, 6) is -0.607. The van der Waals surface area contributed by atoms with Crippen molar-refractivity contribution in [3.05, 3.63) is 47.2 Å². The first-order valence-corrected chi connectivity index (χ1v) is 9.09. The molecule has 0 saturated heterocycles. The molecule has 0 radical (unpaired) electrons. The van der Waals surface area contributed by atoms with Gasteiger partial charge in [-0.1, -0.05) is 11.6 Å². The lowest BCUT2D eigenvalue weighted by Gasteiger charge is -2.13. The molecule has 2 N–H and O–H groups in total. The summed E-state index contributed by atoms with van der Waals surface area (Å²) >= 11 is 5.98. The van der Waals surface area contributed by atoms with Crippen molar-refractivity contribution in [1.82, 2.24) is 4.72 Å². The van der Waals surface area contributed by atoms with E-state index in [1.54, 1.807) is 0 Å². The number of rotatable bonds is 7. The first kappa shape index (κ1) is 20.0. The zero-order chi connectivity index (χ0) is 19.3. The summed E-state index contributed by atoms with van der Waals surface area (Å²) in [6, 6.07) is 7.14. The zero-order valence-electron chi connectivity index (χ0n) is 13.9. The lowest BCUT2D eigenvalue weighted by molar-refractivity contribution is -0.115. The van der Waals surface area contributed by atoms with Crippen molar-refractivity contribution in [1.29, 1.82) is 0 Å². The minimum Gasteiger partial charge on any atom is -0.495 e. The minimum atomic E-state index is -3.95. The quantitative estimate of drug-likeness (QED) is 0.741. The molecule has 0 saturated carbocycles. The molecule has 1 amide bonds. The molecule has 0 aliphatic carbocycles. The van der Waals surface area contributed by atoms with Crippen molar-refractivity contribution in [2.45, 2.75) is 4.90 Å². The third kappa shape index (κ3) is 4.84. The molecule has 0 aliphatic rings. The van der Waals surface area contributed by atoms with E-state index in [-0.39, 0.29) is 16.3 Å². The van der Waals surface area contributed by atoms with Crippen molar-refractivity contribution < 1.29 is 27.1 Å². The number of carbonyl (C=O) groups is 1. The van der Waals surface area contributed by atoms with Crippen LogP contribution in [0.4, 0.5) is 10.1 Å². The molecular formula is C16H16ClFN2O5S. The average molecular weight is 403 g/mol. The van der Waals surface area contributed by atoms with Crippen molar-refractivity contribution in [2.24, 2.45) is 0 Å². The molecule has 0 spiro atoms. The van der Waals surface area contributed by atoms with Gasteiger partial charge in [0.15, 0.2) is 0 Å². The number of halogens is 2. The van der Waals surface area contributed by atoms with Gasteiger partial charge in [-0.05, 0) is 24.3 Å². The SMILES string of the molecule is COc1cc(NC(=O)CNS(=O)(=O)c2ccc(F)cc2)c(OC)cc1Cl.